The highest BCUT2D eigenvalue weighted by molar-refractivity contribution is 5.54. The third-order valence-corrected chi connectivity index (χ3v) is 3.11. The number of likely N-dealkylation sites (N-methyl/N-ethyl adjacent to an activating group) is 1. The second-order valence-corrected chi connectivity index (χ2v) is 4.85. The Morgan fingerprint density at radius 1 is 1.32 bits per heavy atom. The number of non-ortho nitro benzene ring substituents is 1. The number of hydrogen-bond acceptors (Lipinski definition) is 4. The smallest absolute Gasteiger partial charge is 0.271 e. The molecule has 19 heavy (non-hydrogen) atoms. The number of nitrogens with zero attached hydrogens (tertiary/aromatic N) is 2. The van der Waals surface area contributed by atoms with Crippen LogP contribution in [-0.4, -0.2) is 35.5 Å². The van der Waals surface area contributed by atoms with Crippen molar-refractivity contribution in [3.63, 3.8) is 0 Å². The molecule has 5 heteroatoms. The second kappa shape index (κ2) is 7.09. The fraction of sp³-hybridized carbons (Fsp3) is 0.571. The van der Waals surface area contributed by atoms with Gasteiger partial charge in [-0.15, -0.1) is 0 Å². The van der Waals surface area contributed by atoms with E-state index in [-0.39, 0.29) is 16.7 Å². The Morgan fingerprint density at radius 2 is 1.95 bits per heavy atom. The highest BCUT2D eigenvalue weighted by Crippen LogP contribution is 2.21. The van der Waals surface area contributed by atoms with Gasteiger partial charge in [0.05, 0.1) is 4.92 Å². The minimum absolute atomic E-state index is 0.137. The van der Waals surface area contributed by atoms with E-state index in [0.717, 1.165) is 30.9 Å². The van der Waals surface area contributed by atoms with E-state index in [1.807, 2.05) is 13.0 Å². The maximum absolute atomic E-state index is 10.8. The first-order valence-electron chi connectivity index (χ1n) is 6.71. The summed E-state index contributed by atoms with van der Waals surface area (Å²) >= 11 is 0. The van der Waals surface area contributed by atoms with E-state index >= 15 is 0 Å². The van der Waals surface area contributed by atoms with Crippen LogP contribution in [0.3, 0.4) is 0 Å². The molecule has 0 amide bonds. The average molecular weight is 265 g/mol. The molecule has 0 aliphatic heterocycles. The number of benzene rings is 1. The lowest BCUT2D eigenvalue weighted by Crippen LogP contribution is -2.34. The Balaban J connectivity index is 2.73. The molecule has 1 N–H and O–H groups in total. The molecule has 1 rings (SSSR count). The van der Waals surface area contributed by atoms with Crippen molar-refractivity contribution in [2.75, 3.05) is 25.0 Å². The standard InChI is InChI=1S/C14H23N3O2/c1-5-16(6-2)10-12(4)15-13-7-11(3)8-14(9-13)17(18)19/h7-9,12,15H,5-6,10H2,1-4H3. The van der Waals surface area contributed by atoms with Crippen LogP contribution >= 0.6 is 0 Å². The lowest BCUT2D eigenvalue weighted by molar-refractivity contribution is -0.384. The molecular weight excluding hydrogens is 242 g/mol. The molecule has 0 saturated carbocycles. The summed E-state index contributed by atoms with van der Waals surface area (Å²) in [4.78, 5) is 12.8. The lowest BCUT2D eigenvalue weighted by atomic mass is 10.2. The summed E-state index contributed by atoms with van der Waals surface area (Å²) in [6.07, 6.45) is 0. The SMILES string of the molecule is CCN(CC)CC(C)Nc1cc(C)cc([N+](=O)[O-])c1. The molecule has 0 radical (unpaired) electrons. The number of nitro benzene ring substituents is 1. The van der Waals surface area contributed by atoms with Crippen LogP contribution in [0.5, 0.6) is 0 Å². The third kappa shape index (κ3) is 4.87. The zero-order chi connectivity index (χ0) is 14.4. The summed E-state index contributed by atoms with van der Waals surface area (Å²) in [5.74, 6) is 0. The van der Waals surface area contributed by atoms with Crippen molar-refractivity contribution in [1.29, 1.82) is 0 Å². The van der Waals surface area contributed by atoms with Gasteiger partial charge in [-0.25, -0.2) is 0 Å². The van der Waals surface area contributed by atoms with Gasteiger partial charge in [-0.2, -0.15) is 0 Å². The summed E-state index contributed by atoms with van der Waals surface area (Å²) in [6.45, 7) is 11.2. The topological polar surface area (TPSA) is 58.4 Å². The average Bonchev–Trinajstić information content (AvgIpc) is 2.35. The molecule has 1 aromatic carbocycles. The highest BCUT2D eigenvalue weighted by atomic mass is 16.6. The summed E-state index contributed by atoms with van der Waals surface area (Å²) in [5, 5.41) is 14.2. The molecule has 0 aliphatic carbocycles. The van der Waals surface area contributed by atoms with Gasteiger partial charge in [-0.1, -0.05) is 13.8 Å². The molecule has 0 heterocycles. The fourth-order valence-electron chi connectivity index (χ4n) is 2.15. The molecule has 1 atom stereocenters. The molecule has 1 aromatic rings. The second-order valence-electron chi connectivity index (χ2n) is 4.85. The van der Waals surface area contributed by atoms with Gasteiger partial charge < -0.3 is 10.2 Å². The normalized spacial score (nSPS) is 12.5. The molecule has 0 saturated heterocycles. The van der Waals surface area contributed by atoms with Crippen LogP contribution in [0.2, 0.25) is 0 Å². The Labute approximate surface area is 114 Å². The van der Waals surface area contributed by atoms with Crippen molar-refractivity contribution < 1.29 is 4.92 Å². The number of aryl methyl sites for hydroxylation is 1. The summed E-state index contributed by atoms with van der Waals surface area (Å²) in [6, 6.07) is 5.36. The quantitative estimate of drug-likeness (QED) is 0.608. The van der Waals surface area contributed by atoms with Crippen LogP contribution in [-0.2, 0) is 0 Å². The number of hydrogen-bond donors (Lipinski definition) is 1. The van der Waals surface area contributed by atoms with E-state index in [4.69, 9.17) is 0 Å². The van der Waals surface area contributed by atoms with Crippen molar-refractivity contribution in [2.24, 2.45) is 0 Å². The van der Waals surface area contributed by atoms with Crippen LogP contribution in [0.25, 0.3) is 0 Å². The van der Waals surface area contributed by atoms with Gasteiger partial charge in [0.1, 0.15) is 0 Å². The molecular formula is C14H23N3O2. The molecule has 0 aromatic heterocycles. The summed E-state index contributed by atoms with van der Waals surface area (Å²) in [5.41, 5.74) is 1.84. The molecule has 0 bridgehead atoms. The van der Waals surface area contributed by atoms with Gasteiger partial charge >= 0.3 is 0 Å². The van der Waals surface area contributed by atoms with Crippen molar-refractivity contribution in [1.82, 2.24) is 4.90 Å². The zero-order valence-corrected chi connectivity index (χ0v) is 12.1. The maximum atomic E-state index is 10.8. The summed E-state index contributed by atoms with van der Waals surface area (Å²) < 4.78 is 0. The van der Waals surface area contributed by atoms with E-state index < -0.39 is 0 Å². The van der Waals surface area contributed by atoms with Crippen molar-refractivity contribution in [2.45, 2.75) is 33.7 Å². The van der Waals surface area contributed by atoms with E-state index in [1.165, 1.54) is 0 Å². The van der Waals surface area contributed by atoms with E-state index in [9.17, 15) is 10.1 Å². The first-order valence-corrected chi connectivity index (χ1v) is 6.71. The van der Waals surface area contributed by atoms with Gasteiger partial charge in [0.25, 0.3) is 5.69 Å². The predicted octanol–water partition coefficient (Wildman–Crippen LogP) is 3.05. The molecule has 0 fully saturated rings. The Morgan fingerprint density at radius 3 is 2.47 bits per heavy atom. The molecule has 1 unspecified atom stereocenters. The maximum Gasteiger partial charge on any atom is 0.271 e. The zero-order valence-electron chi connectivity index (χ0n) is 12.1. The first kappa shape index (κ1) is 15.4. The van der Waals surface area contributed by atoms with Crippen molar-refractivity contribution >= 4 is 11.4 Å². The van der Waals surface area contributed by atoms with Crippen LogP contribution < -0.4 is 5.32 Å². The number of anilines is 1. The lowest BCUT2D eigenvalue weighted by Gasteiger charge is -2.24. The molecule has 106 valence electrons. The van der Waals surface area contributed by atoms with Gasteiger partial charge in [0, 0.05) is 30.4 Å². The van der Waals surface area contributed by atoms with Crippen LogP contribution in [0.1, 0.15) is 26.3 Å². The predicted molar refractivity (Wildman–Crippen MR) is 78.7 cm³/mol. The number of rotatable bonds is 7. The van der Waals surface area contributed by atoms with E-state index in [2.05, 4.69) is 31.0 Å². The minimum Gasteiger partial charge on any atom is -0.381 e. The van der Waals surface area contributed by atoms with Crippen LogP contribution in [0, 0.1) is 17.0 Å². The van der Waals surface area contributed by atoms with E-state index in [1.54, 1.807) is 12.1 Å². The number of nitrogens with one attached hydrogen (secondary N) is 1. The Bertz CT molecular complexity index is 431. The monoisotopic (exact) mass is 265 g/mol. The Hall–Kier alpha value is -1.62. The molecule has 0 spiro atoms. The van der Waals surface area contributed by atoms with Gasteiger partial charge in [0.2, 0.25) is 0 Å². The van der Waals surface area contributed by atoms with Crippen LogP contribution in [0.4, 0.5) is 11.4 Å². The van der Waals surface area contributed by atoms with E-state index in [0.29, 0.717) is 0 Å². The minimum atomic E-state index is -0.354. The summed E-state index contributed by atoms with van der Waals surface area (Å²) in [7, 11) is 0. The molecule has 5 nitrogen and oxygen atoms in total. The third-order valence-electron chi connectivity index (χ3n) is 3.11. The first-order chi connectivity index (χ1) is 8.96. The largest absolute Gasteiger partial charge is 0.381 e. The van der Waals surface area contributed by atoms with Gasteiger partial charge in [0.15, 0.2) is 0 Å². The van der Waals surface area contributed by atoms with Gasteiger partial charge in [-0.3, -0.25) is 10.1 Å². The van der Waals surface area contributed by atoms with Crippen LogP contribution in [0.15, 0.2) is 18.2 Å². The van der Waals surface area contributed by atoms with Crippen molar-refractivity contribution in [3.8, 4) is 0 Å². The van der Waals surface area contributed by atoms with Crippen molar-refractivity contribution in [3.05, 3.63) is 33.9 Å². The highest BCUT2D eigenvalue weighted by Gasteiger charge is 2.11. The molecule has 0 aliphatic rings. The van der Waals surface area contributed by atoms with Gasteiger partial charge in [-0.05, 0) is 38.6 Å². The Kier molecular flexibility index (Phi) is 5.76. The number of nitro groups is 1. The fourth-order valence-corrected chi connectivity index (χ4v) is 2.15.